The molecule has 6 heteroatoms. The lowest BCUT2D eigenvalue weighted by molar-refractivity contribution is -0.136. The number of hydrogen-bond acceptors (Lipinski definition) is 3. The van der Waals surface area contributed by atoms with E-state index in [0.29, 0.717) is 24.0 Å². The van der Waals surface area contributed by atoms with Crippen molar-refractivity contribution in [2.24, 2.45) is 0 Å². The number of carboxylic acid groups (broad SMARTS) is 1. The molecular formula is C20H23Br2NO3. The molecule has 0 heterocycles. The molecule has 0 amide bonds. The van der Waals surface area contributed by atoms with E-state index in [1.807, 2.05) is 0 Å². The van der Waals surface area contributed by atoms with Gasteiger partial charge in [0.2, 0.25) is 0 Å². The second kappa shape index (κ2) is 9.42. The maximum Gasteiger partial charge on any atom is 0.307 e. The number of aryl methyl sites for hydroxylation is 1. The molecular weight excluding hydrogens is 462 g/mol. The zero-order valence-electron chi connectivity index (χ0n) is 15.1. The fraction of sp³-hybridized carbons (Fsp3) is 0.350. The zero-order chi connectivity index (χ0) is 19.3. The van der Waals surface area contributed by atoms with Crippen molar-refractivity contribution in [3.05, 3.63) is 56.0 Å². The van der Waals surface area contributed by atoms with Crippen molar-refractivity contribution in [1.29, 1.82) is 0 Å². The van der Waals surface area contributed by atoms with E-state index in [2.05, 4.69) is 76.1 Å². The molecule has 140 valence electrons. The van der Waals surface area contributed by atoms with Crippen molar-refractivity contribution < 1.29 is 14.6 Å². The number of halogens is 2. The summed E-state index contributed by atoms with van der Waals surface area (Å²) in [5.41, 5.74) is 4.04. The SMILES string of the molecule is CCC(C)Nc1cc(C)cc(COc2c(Br)cc(CC(=O)O)cc2Br)c1. The van der Waals surface area contributed by atoms with Crippen LogP contribution < -0.4 is 10.1 Å². The van der Waals surface area contributed by atoms with Gasteiger partial charge in [-0.25, -0.2) is 0 Å². The van der Waals surface area contributed by atoms with Crippen LogP contribution in [0.5, 0.6) is 5.75 Å². The third-order valence-corrected chi connectivity index (χ3v) is 5.14. The number of carbonyl (C=O) groups is 1. The molecule has 0 aliphatic heterocycles. The first-order valence-electron chi connectivity index (χ1n) is 8.48. The van der Waals surface area contributed by atoms with Crippen molar-refractivity contribution in [2.75, 3.05) is 5.32 Å². The molecule has 0 aliphatic carbocycles. The van der Waals surface area contributed by atoms with Gasteiger partial charge < -0.3 is 15.2 Å². The highest BCUT2D eigenvalue weighted by atomic mass is 79.9. The number of benzene rings is 2. The average Bonchev–Trinajstić information content (AvgIpc) is 2.52. The van der Waals surface area contributed by atoms with Gasteiger partial charge >= 0.3 is 5.97 Å². The van der Waals surface area contributed by atoms with Gasteiger partial charge in [-0.05, 0) is 93.1 Å². The molecule has 2 rings (SSSR count). The molecule has 4 nitrogen and oxygen atoms in total. The van der Waals surface area contributed by atoms with E-state index in [1.54, 1.807) is 12.1 Å². The van der Waals surface area contributed by atoms with Crippen LogP contribution in [0.15, 0.2) is 39.3 Å². The minimum Gasteiger partial charge on any atom is -0.487 e. The predicted molar refractivity (Wildman–Crippen MR) is 112 cm³/mol. The normalized spacial score (nSPS) is 11.9. The minimum absolute atomic E-state index is 0.0278. The lowest BCUT2D eigenvalue weighted by Gasteiger charge is -2.16. The van der Waals surface area contributed by atoms with Gasteiger partial charge in [-0.2, -0.15) is 0 Å². The Kier molecular flexibility index (Phi) is 7.53. The highest BCUT2D eigenvalue weighted by Crippen LogP contribution is 2.35. The maximum atomic E-state index is 10.9. The number of nitrogens with one attached hydrogen (secondary N) is 1. The quantitative estimate of drug-likeness (QED) is 0.487. The highest BCUT2D eigenvalue weighted by Gasteiger charge is 2.12. The third kappa shape index (κ3) is 6.02. The molecule has 2 N–H and O–H groups in total. The van der Waals surface area contributed by atoms with Gasteiger partial charge in [0, 0.05) is 11.7 Å². The fourth-order valence-corrected chi connectivity index (χ4v) is 4.11. The zero-order valence-corrected chi connectivity index (χ0v) is 18.3. The molecule has 0 bridgehead atoms. The summed E-state index contributed by atoms with van der Waals surface area (Å²) in [4.78, 5) is 10.9. The first-order valence-corrected chi connectivity index (χ1v) is 10.1. The topological polar surface area (TPSA) is 58.6 Å². The molecule has 2 aromatic rings. The van der Waals surface area contributed by atoms with Gasteiger partial charge in [-0.1, -0.05) is 13.0 Å². The van der Waals surface area contributed by atoms with Gasteiger partial charge in [0.05, 0.1) is 15.4 Å². The molecule has 1 atom stereocenters. The molecule has 0 aliphatic rings. The van der Waals surface area contributed by atoms with Crippen LogP contribution in [-0.2, 0) is 17.8 Å². The fourth-order valence-electron chi connectivity index (χ4n) is 2.60. The van der Waals surface area contributed by atoms with Gasteiger partial charge in [-0.3, -0.25) is 4.79 Å². The van der Waals surface area contributed by atoms with Crippen LogP contribution in [0.3, 0.4) is 0 Å². The van der Waals surface area contributed by atoms with Crippen LogP contribution in [0, 0.1) is 6.92 Å². The van der Waals surface area contributed by atoms with Gasteiger partial charge in [0.1, 0.15) is 12.4 Å². The summed E-state index contributed by atoms with van der Waals surface area (Å²) in [5.74, 6) is -0.198. The number of aliphatic carboxylic acids is 1. The monoisotopic (exact) mass is 483 g/mol. The predicted octanol–water partition coefficient (Wildman–Crippen LogP) is 5.94. The van der Waals surface area contributed by atoms with E-state index < -0.39 is 5.97 Å². The molecule has 26 heavy (non-hydrogen) atoms. The second-order valence-corrected chi connectivity index (χ2v) is 8.12. The average molecular weight is 485 g/mol. The van der Waals surface area contributed by atoms with Crippen molar-refractivity contribution >= 4 is 43.5 Å². The van der Waals surface area contributed by atoms with Crippen molar-refractivity contribution in [1.82, 2.24) is 0 Å². The largest absolute Gasteiger partial charge is 0.487 e. The summed E-state index contributed by atoms with van der Waals surface area (Å²) in [6, 6.07) is 10.3. The number of anilines is 1. The molecule has 0 aromatic heterocycles. The molecule has 0 spiro atoms. The number of ether oxygens (including phenoxy) is 1. The molecule has 1 unspecified atom stereocenters. The van der Waals surface area contributed by atoms with Crippen LogP contribution in [0.1, 0.15) is 37.0 Å². The van der Waals surface area contributed by atoms with E-state index in [9.17, 15) is 4.79 Å². The Balaban J connectivity index is 2.14. The summed E-state index contributed by atoms with van der Waals surface area (Å²) >= 11 is 6.94. The molecule has 0 radical (unpaired) electrons. The summed E-state index contributed by atoms with van der Waals surface area (Å²) < 4.78 is 7.45. The van der Waals surface area contributed by atoms with Crippen molar-refractivity contribution in [3.8, 4) is 5.75 Å². The Hall–Kier alpha value is -1.53. The van der Waals surface area contributed by atoms with Crippen molar-refractivity contribution in [3.63, 3.8) is 0 Å². The summed E-state index contributed by atoms with van der Waals surface area (Å²) in [6.07, 6.45) is 1.03. The Labute approximate surface area is 171 Å². The highest BCUT2D eigenvalue weighted by molar-refractivity contribution is 9.11. The number of carboxylic acids is 1. The van der Waals surface area contributed by atoms with Gasteiger partial charge in [0.15, 0.2) is 0 Å². The lowest BCUT2D eigenvalue weighted by Crippen LogP contribution is -2.13. The summed E-state index contributed by atoms with van der Waals surface area (Å²) in [5, 5.41) is 12.4. The Morgan fingerprint density at radius 2 is 1.81 bits per heavy atom. The van der Waals surface area contributed by atoms with Crippen LogP contribution in [0.2, 0.25) is 0 Å². The van der Waals surface area contributed by atoms with E-state index >= 15 is 0 Å². The minimum atomic E-state index is -0.862. The van der Waals surface area contributed by atoms with Crippen LogP contribution in [0.4, 0.5) is 5.69 Å². The Morgan fingerprint density at radius 1 is 1.15 bits per heavy atom. The van der Waals surface area contributed by atoms with Gasteiger partial charge in [0.25, 0.3) is 0 Å². The second-order valence-electron chi connectivity index (χ2n) is 6.41. The first kappa shape index (κ1) is 20.8. The Bertz CT molecular complexity index is 770. The number of hydrogen-bond donors (Lipinski definition) is 2. The Morgan fingerprint density at radius 3 is 2.38 bits per heavy atom. The smallest absolute Gasteiger partial charge is 0.307 e. The van der Waals surface area contributed by atoms with Crippen molar-refractivity contribution in [2.45, 2.75) is 46.3 Å². The molecule has 2 aromatic carbocycles. The standard InChI is InChI=1S/C20H23Br2NO3/c1-4-13(3)23-16-6-12(2)5-15(7-16)11-26-20-17(21)8-14(9-18(20)22)10-19(24)25/h5-9,13,23H,4,10-11H2,1-3H3,(H,24,25). The van der Waals surface area contributed by atoms with E-state index in [1.165, 1.54) is 5.56 Å². The number of rotatable bonds is 8. The summed E-state index contributed by atoms with van der Waals surface area (Å²) in [7, 11) is 0. The third-order valence-electron chi connectivity index (χ3n) is 3.96. The van der Waals surface area contributed by atoms with Crippen LogP contribution in [0.25, 0.3) is 0 Å². The molecule has 0 fully saturated rings. The maximum absolute atomic E-state index is 10.9. The molecule has 0 saturated carbocycles. The molecule has 0 saturated heterocycles. The van der Waals surface area contributed by atoms with Crippen LogP contribution in [-0.4, -0.2) is 17.1 Å². The first-order chi connectivity index (χ1) is 12.3. The summed E-state index contributed by atoms with van der Waals surface area (Å²) in [6.45, 7) is 6.80. The van der Waals surface area contributed by atoms with E-state index in [-0.39, 0.29) is 6.42 Å². The lowest BCUT2D eigenvalue weighted by atomic mass is 10.1. The van der Waals surface area contributed by atoms with Gasteiger partial charge in [-0.15, -0.1) is 0 Å². The van der Waals surface area contributed by atoms with E-state index in [0.717, 1.165) is 26.6 Å². The van der Waals surface area contributed by atoms with Crippen LogP contribution >= 0.6 is 31.9 Å². The van der Waals surface area contributed by atoms with E-state index in [4.69, 9.17) is 9.84 Å².